The number of hydrogen-bond donors (Lipinski definition) is 3. The monoisotopic (exact) mass is 236 g/mol. The molecule has 96 valence electrons. The maximum absolute atomic E-state index is 6.27. The molecule has 0 radical (unpaired) electrons. The lowest BCUT2D eigenvalue weighted by Crippen LogP contribution is -2.54. The summed E-state index contributed by atoms with van der Waals surface area (Å²) in [5, 5.41) is 3.39. The zero-order valence-electron chi connectivity index (χ0n) is 10.9. The highest BCUT2D eigenvalue weighted by molar-refractivity contribution is 5.14. The van der Waals surface area contributed by atoms with Gasteiger partial charge in [0.1, 0.15) is 0 Å². The Labute approximate surface area is 104 Å². The maximum atomic E-state index is 6.27. The van der Waals surface area contributed by atoms with E-state index in [1.165, 1.54) is 5.56 Å². The van der Waals surface area contributed by atoms with Gasteiger partial charge in [-0.05, 0) is 31.9 Å². The molecule has 1 atom stereocenters. The number of nitrogens with two attached hydrogens (primary N) is 1. The van der Waals surface area contributed by atoms with Gasteiger partial charge in [0.2, 0.25) is 0 Å². The summed E-state index contributed by atoms with van der Waals surface area (Å²) in [6.07, 6.45) is 4.93. The van der Waals surface area contributed by atoms with Crippen molar-refractivity contribution in [1.29, 1.82) is 0 Å². The van der Waals surface area contributed by atoms with Crippen LogP contribution in [0.3, 0.4) is 0 Å². The highest BCUT2D eigenvalue weighted by Crippen LogP contribution is 2.26. The van der Waals surface area contributed by atoms with Gasteiger partial charge in [0, 0.05) is 50.2 Å². The number of nitrogens with one attached hydrogen (secondary N) is 2. The first-order valence-corrected chi connectivity index (χ1v) is 6.44. The van der Waals surface area contributed by atoms with Crippen LogP contribution in [-0.2, 0) is 0 Å². The minimum Gasteiger partial charge on any atom is -0.367 e. The number of rotatable bonds is 4. The number of hydrogen-bond acceptors (Lipinski definition) is 3. The highest BCUT2D eigenvalue weighted by atomic mass is 15.2. The summed E-state index contributed by atoms with van der Waals surface area (Å²) >= 11 is 0. The van der Waals surface area contributed by atoms with Crippen LogP contribution in [0.1, 0.15) is 31.9 Å². The summed E-state index contributed by atoms with van der Waals surface area (Å²) in [5.74, 6) is 0. The van der Waals surface area contributed by atoms with Gasteiger partial charge in [0.25, 0.3) is 0 Å². The molecule has 1 unspecified atom stereocenters. The molecule has 1 aromatic rings. The van der Waals surface area contributed by atoms with Crippen molar-refractivity contribution in [2.75, 3.05) is 26.2 Å². The molecule has 4 nitrogen and oxygen atoms in total. The van der Waals surface area contributed by atoms with Crippen LogP contribution in [0.25, 0.3) is 0 Å². The Morgan fingerprint density at radius 1 is 1.41 bits per heavy atom. The molecular formula is C13H24N4. The van der Waals surface area contributed by atoms with Crippen molar-refractivity contribution in [2.45, 2.75) is 31.8 Å². The van der Waals surface area contributed by atoms with E-state index in [0.29, 0.717) is 0 Å². The van der Waals surface area contributed by atoms with Crippen molar-refractivity contribution >= 4 is 0 Å². The number of aromatic amines is 1. The fraction of sp³-hybridized carbons (Fsp3) is 0.692. The molecule has 4 heteroatoms. The molecule has 0 saturated carbocycles. The van der Waals surface area contributed by atoms with Gasteiger partial charge in [-0.25, -0.2) is 0 Å². The van der Waals surface area contributed by atoms with E-state index in [0.717, 1.165) is 32.6 Å². The molecular weight excluding hydrogens is 212 g/mol. The number of aromatic nitrogens is 1. The third-order valence-electron chi connectivity index (χ3n) is 3.74. The molecule has 0 aliphatic carbocycles. The Hall–Kier alpha value is -0.840. The minimum absolute atomic E-state index is 0.117. The molecule has 0 bridgehead atoms. The fourth-order valence-electron chi connectivity index (χ4n) is 2.62. The van der Waals surface area contributed by atoms with E-state index < -0.39 is 0 Å². The fourth-order valence-corrected chi connectivity index (χ4v) is 2.62. The van der Waals surface area contributed by atoms with E-state index in [1.807, 2.05) is 12.4 Å². The Kier molecular flexibility index (Phi) is 3.86. The molecule has 1 saturated heterocycles. The maximum Gasteiger partial charge on any atom is 0.0327 e. The Bertz CT molecular complexity index is 325. The normalized spacial score (nSPS) is 20.4. The summed E-state index contributed by atoms with van der Waals surface area (Å²) in [7, 11) is 0. The quantitative estimate of drug-likeness (QED) is 0.733. The molecule has 1 fully saturated rings. The lowest BCUT2D eigenvalue weighted by atomic mass is 9.90. The first-order chi connectivity index (χ1) is 8.09. The molecule has 0 spiro atoms. The Morgan fingerprint density at radius 3 is 2.71 bits per heavy atom. The van der Waals surface area contributed by atoms with Crippen LogP contribution in [0.15, 0.2) is 18.5 Å². The van der Waals surface area contributed by atoms with Crippen molar-refractivity contribution in [2.24, 2.45) is 5.73 Å². The summed E-state index contributed by atoms with van der Waals surface area (Å²) in [6.45, 7) is 9.00. The van der Waals surface area contributed by atoms with Crippen LogP contribution in [0.5, 0.6) is 0 Å². The molecule has 1 aliphatic rings. The summed E-state index contributed by atoms with van der Waals surface area (Å²) in [6, 6.07) is 2.18. The number of H-pyrrole nitrogens is 1. The average molecular weight is 236 g/mol. The largest absolute Gasteiger partial charge is 0.367 e. The summed E-state index contributed by atoms with van der Waals surface area (Å²) in [4.78, 5) is 5.61. The average Bonchev–Trinajstić information content (AvgIpc) is 2.83. The highest BCUT2D eigenvalue weighted by Gasteiger charge is 2.30. The van der Waals surface area contributed by atoms with Crippen LogP contribution < -0.4 is 11.1 Å². The van der Waals surface area contributed by atoms with Gasteiger partial charge in [0.15, 0.2) is 0 Å². The van der Waals surface area contributed by atoms with Gasteiger partial charge >= 0.3 is 0 Å². The van der Waals surface area contributed by atoms with Gasteiger partial charge in [0.05, 0.1) is 0 Å². The second kappa shape index (κ2) is 5.21. The molecule has 1 aliphatic heterocycles. The molecule has 1 aromatic heterocycles. The van der Waals surface area contributed by atoms with Gasteiger partial charge in [-0.2, -0.15) is 0 Å². The number of piperazine rings is 1. The van der Waals surface area contributed by atoms with Gasteiger partial charge in [-0.15, -0.1) is 0 Å². The lowest BCUT2D eigenvalue weighted by molar-refractivity contribution is 0.0893. The zero-order valence-corrected chi connectivity index (χ0v) is 10.9. The van der Waals surface area contributed by atoms with Crippen molar-refractivity contribution in [3.05, 3.63) is 24.0 Å². The predicted molar refractivity (Wildman–Crippen MR) is 70.9 cm³/mol. The standard InChI is InChI=1S/C13H24N4/c1-13(2,17-7-5-15-6-8-17)9-12(14)11-3-4-16-10-11/h3-4,10,12,15-16H,5-9,14H2,1-2H3. The number of nitrogens with zero attached hydrogens (tertiary/aromatic N) is 1. The van der Waals surface area contributed by atoms with Crippen molar-refractivity contribution < 1.29 is 0 Å². The van der Waals surface area contributed by atoms with Crippen LogP contribution in [0, 0.1) is 0 Å². The van der Waals surface area contributed by atoms with Crippen molar-refractivity contribution in [3.8, 4) is 0 Å². The minimum atomic E-state index is 0.117. The zero-order chi connectivity index (χ0) is 12.3. The van der Waals surface area contributed by atoms with Gasteiger partial charge < -0.3 is 16.0 Å². The van der Waals surface area contributed by atoms with Crippen molar-refractivity contribution in [1.82, 2.24) is 15.2 Å². The summed E-state index contributed by atoms with van der Waals surface area (Å²) < 4.78 is 0. The van der Waals surface area contributed by atoms with Gasteiger partial charge in [-0.3, -0.25) is 4.90 Å². The molecule has 2 rings (SSSR count). The lowest BCUT2D eigenvalue weighted by Gasteiger charge is -2.42. The molecule has 0 amide bonds. The van der Waals surface area contributed by atoms with Crippen molar-refractivity contribution in [3.63, 3.8) is 0 Å². The van der Waals surface area contributed by atoms with E-state index in [2.05, 4.69) is 35.1 Å². The summed E-state index contributed by atoms with van der Waals surface area (Å²) in [5.41, 5.74) is 7.64. The second-order valence-corrected chi connectivity index (χ2v) is 5.50. The van der Waals surface area contributed by atoms with Gasteiger partial charge in [-0.1, -0.05) is 0 Å². The van der Waals surface area contributed by atoms with E-state index in [4.69, 9.17) is 5.73 Å². The first-order valence-electron chi connectivity index (χ1n) is 6.44. The van der Waals surface area contributed by atoms with E-state index >= 15 is 0 Å². The predicted octanol–water partition coefficient (Wildman–Crippen LogP) is 1.09. The molecule has 2 heterocycles. The third-order valence-corrected chi connectivity index (χ3v) is 3.74. The third kappa shape index (κ3) is 3.09. The smallest absolute Gasteiger partial charge is 0.0327 e. The second-order valence-electron chi connectivity index (χ2n) is 5.50. The van der Waals surface area contributed by atoms with E-state index in [-0.39, 0.29) is 11.6 Å². The molecule has 17 heavy (non-hydrogen) atoms. The van der Waals surface area contributed by atoms with E-state index in [9.17, 15) is 0 Å². The topological polar surface area (TPSA) is 57.1 Å². The Balaban J connectivity index is 1.96. The molecule has 0 aromatic carbocycles. The van der Waals surface area contributed by atoms with Crippen LogP contribution in [0.2, 0.25) is 0 Å². The first kappa shape index (κ1) is 12.6. The van der Waals surface area contributed by atoms with Crippen LogP contribution in [-0.4, -0.2) is 41.6 Å². The SMILES string of the molecule is CC(C)(CC(N)c1cc[nH]c1)N1CCNCC1. The Morgan fingerprint density at radius 2 is 2.12 bits per heavy atom. The molecule has 4 N–H and O–H groups in total. The van der Waals surface area contributed by atoms with E-state index in [1.54, 1.807) is 0 Å². The van der Waals surface area contributed by atoms with Crippen LogP contribution >= 0.6 is 0 Å². The van der Waals surface area contributed by atoms with Crippen LogP contribution in [0.4, 0.5) is 0 Å².